The maximum atomic E-state index is 9.05. The number of nitrogens with one attached hydrogen (secondary N) is 1. The summed E-state index contributed by atoms with van der Waals surface area (Å²) in [5, 5.41) is 20.0. The minimum atomic E-state index is -0.307. The molecule has 5 heteroatoms. The van der Waals surface area contributed by atoms with E-state index in [0.717, 1.165) is 55.2 Å². The maximum Gasteiger partial charge on any atom is 0.149 e. The summed E-state index contributed by atoms with van der Waals surface area (Å²) in [6.07, 6.45) is 9.54. The smallest absolute Gasteiger partial charge is 0.149 e. The zero-order chi connectivity index (χ0) is 16.3. The van der Waals surface area contributed by atoms with Crippen LogP contribution in [0.15, 0.2) is 40.5 Å². The molecule has 0 atom stereocenters. The fourth-order valence-corrected chi connectivity index (χ4v) is 3.28. The van der Waals surface area contributed by atoms with Crippen LogP contribution in [0.2, 0.25) is 0 Å². The molecule has 1 fully saturated rings. The molecular formula is C18H22N4O. The summed E-state index contributed by atoms with van der Waals surface area (Å²) in [6.45, 7) is 0. The summed E-state index contributed by atoms with van der Waals surface area (Å²) in [5.74, 6) is 0.740. The van der Waals surface area contributed by atoms with Crippen molar-refractivity contribution in [2.75, 3.05) is 0 Å². The highest BCUT2D eigenvalue weighted by molar-refractivity contribution is 6.13. The second kappa shape index (κ2) is 6.36. The van der Waals surface area contributed by atoms with Gasteiger partial charge in [0.05, 0.1) is 5.41 Å². The topological polar surface area (TPSA) is 94.8 Å². The van der Waals surface area contributed by atoms with Crippen molar-refractivity contribution < 1.29 is 5.21 Å². The Morgan fingerprint density at radius 1 is 1.22 bits per heavy atom. The van der Waals surface area contributed by atoms with Gasteiger partial charge in [-0.15, -0.1) is 0 Å². The SMILES string of the molecule is N=C1CCC/C=C(/c2ccc(C3(C(N)=NO)CCC3)cc2)C=N1. The molecule has 1 saturated carbocycles. The van der Waals surface area contributed by atoms with Gasteiger partial charge in [0, 0.05) is 12.6 Å². The molecule has 5 nitrogen and oxygen atoms in total. The molecule has 0 amide bonds. The third kappa shape index (κ3) is 2.91. The monoisotopic (exact) mass is 310 g/mol. The second-order valence-corrected chi connectivity index (χ2v) is 6.25. The van der Waals surface area contributed by atoms with Crippen molar-refractivity contribution in [2.24, 2.45) is 15.9 Å². The van der Waals surface area contributed by atoms with Gasteiger partial charge in [0.15, 0.2) is 0 Å². The van der Waals surface area contributed by atoms with Crippen molar-refractivity contribution >= 4 is 23.5 Å². The van der Waals surface area contributed by atoms with Crippen molar-refractivity contribution in [3.63, 3.8) is 0 Å². The summed E-state index contributed by atoms with van der Waals surface area (Å²) in [6, 6.07) is 8.24. The number of nitrogens with two attached hydrogens (primary N) is 1. The number of aliphatic imine (C=N–C) groups is 1. The maximum absolute atomic E-state index is 9.05. The number of amidine groups is 2. The second-order valence-electron chi connectivity index (χ2n) is 6.25. The standard InChI is InChI=1S/C18H22N4O/c19-16-5-2-1-4-14(12-21-16)13-6-8-15(9-7-13)18(10-3-11-18)17(20)22-23/h4,6-9,12,19,23H,1-3,5,10-11H2,(H2,20,22)/b14-4+,19-16?,21-12?. The molecule has 0 aromatic heterocycles. The van der Waals surface area contributed by atoms with E-state index in [9.17, 15) is 0 Å². The van der Waals surface area contributed by atoms with Gasteiger partial charge in [0.2, 0.25) is 0 Å². The predicted molar refractivity (Wildman–Crippen MR) is 93.4 cm³/mol. The lowest BCUT2D eigenvalue weighted by Crippen LogP contribution is -2.46. The fraction of sp³-hybridized carbons (Fsp3) is 0.389. The Morgan fingerprint density at radius 3 is 2.57 bits per heavy atom. The number of oxime groups is 1. The third-order valence-electron chi connectivity index (χ3n) is 4.92. The van der Waals surface area contributed by atoms with Crippen LogP contribution in [0.5, 0.6) is 0 Å². The molecule has 1 aliphatic heterocycles. The molecule has 0 spiro atoms. The van der Waals surface area contributed by atoms with Crippen molar-refractivity contribution in [1.82, 2.24) is 0 Å². The Balaban J connectivity index is 1.87. The highest BCUT2D eigenvalue weighted by Crippen LogP contribution is 2.44. The Bertz CT molecular complexity index is 681. The number of allylic oxidation sites excluding steroid dienone is 2. The fourth-order valence-electron chi connectivity index (χ4n) is 3.28. The van der Waals surface area contributed by atoms with Crippen molar-refractivity contribution in [3.05, 3.63) is 41.5 Å². The van der Waals surface area contributed by atoms with E-state index in [4.69, 9.17) is 16.4 Å². The lowest BCUT2D eigenvalue weighted by Gasteiger charge is -2.41. The van der Waals surface area contributed by atoms with Crippen LogP contribution >= 0.6 is 0 Å². The zero-order valence-corrected chi connectivity index (χ0v) is 13.1. The molecule has 3 rings (SSSR count). The zero-order valence-electron chi connectivity index (χ0n) is 13.1. The molecule has 0 saturated heterocycles. The van der Waals surface area contributed by atoms with E-state index in [0.29, 0.717) is 11.7 Å². The van der Waals surface area contributed by atoms with Gasteiger partial charge < -0.3 is 10.9 Å². The molecule has 120 valence electrons. The average molecular weight is 310 g/mol. The Labute approximate surface area is 136 Å². The van der Waals surface area contributed by atoms with Gasteiger partial charge in [0.25, 0.3) is 0 Å². The highest BCUT2D eigenvalue weighted by Gasteiger charge is 2.42. The van der Waals surface area contributed by atoms with E-state index in [1.807, 2.05) is 0 Å². The quantitative estimate of drug-likeness (QED) is 0.345. The Hall–Kier alpha value is -2.43. The molecule has 0 bridgehead atoms. The minimum Gasteiger partial charge on any atom is -0.409 e. The highest BCUT2D eigenvalue weighted by atomic mass is 16.4. The van der Waals surface area contributed by atoms with Crippen LogP contribution in [0, 0.1) is 5.41 Å². The molecule has 1 heterocycles. The van der Waals surface area contributed by atoms with Gasteiger partial charge in [-0.25, -0.2) is 4.99 Å². The van der Waals surface area contributed by atoms with Gasteiger partial charge in [-0.05, 0) is 42.4 Å². The van der Waals surface area contributed by atoms with Crippen LogP contribution in [-0.2, 0) is 5.41 Å². The van der Waals surface area contributed by atoms with E-state index in [-0.39, 0.29) is 5.41 Å². The summed E-state index contributed by atoms with van der Waals surface area (Å²) in [4.78, 5) is 4.20. The summed E-state index contributed by atoms with van der Waals surface area (Å²) in [5.41, 5.74) is 8.85. The van der Waals surface area contributed by atoms with Crippen molar-refractivity contribution in [2.45, 2.75) is 43.9 Å². The van der Waals surface area contributed by atoms with Crippen LogP contribution in [0.1, 0.15) is 49.7 Å². The van der Waals surface area contributed by atoms with Crippen LogP contribution in [0.3, 0.4) is 0 Å². The molecular weight excluding hydrogens is 288 g/mol. The van der Waals surface area contributed by atoms with Gasteiger partial charge in [-0.3, -0.25) is 5.41 Å². The molecule has 1 aliphatic carbocycles. The first-order valence-corrected chi connectivity index (χ1v) is 8.06. The van der Waals surface area contributed by atoms with E-state index >= 15 is 0 Å². The van der Waals surface area contributed by atoms with E-state index in [1.54, 1.807) is 6.21 Å². The number of hydrogen-bond donors (Lipinski definition) is 3. The van der Waals surface area contributed by atoms with E-state index in [2.05, 4.69) is 40.5 Å². The van der Waals surface area contributed by atoms with Crippen LogP contribution in [0.25, 0.3) is 5.57 Å². The van der Waals surface area contributed by atoms with Crippen LogP contribution in [0.4, 0.5) is 0 Å². The van der Waals surface area contributed by atoms with Crippen LogP contribution in [-0.4, -0.2) is 23.1 Å². The van der Waals surface area contributed by atoms with Crippen LogP contribution < -0.4 is 5.73 Å². The molecule has 1 aromatic carbocycles. The number of hydrogen-bond acceptors (Lipinski definition) is 3. The molecule has 0 unspecified atom stereocenters. The predicted octanol–water partition coefficient (Wildman–Crippen LogP) is 3.47. The molecule has 1 aromatic rings. The van der Waals surface area contributed by atoms with Gasteiger partial charge >= 0.3 is 0 Å². The van der Waals surface area contributed by atoms with Gasteiger partial charge in [0.1, 0.15) is 11.7 Å². The first-order chi connectivity index (χ1) is 11.2. The summed E-state index contributed by atoms with van der Waals surface area (Å²) < 4.78 is 0. The van der Waals surface area contributed by atoms with Crippen molar-refractivity contribution in [3.8, 4) is 0 Å². The lowest BCUT2D eigenvalue weighted by atomic mass is 9.63. The van der Waals surface area contributed by atoms with Gasteiger partial charge in [-0.1, -0.05) is 41.9 Å². The van der Waals surface area contributed by atoms with Crippen molar-refractivity contribution in [1.29, 1.82) is 5.41 Å². The molecule has 4 N–H and O–H groups in total. The number of rotatable bonds is 3. The molecule has 23 heavy (non-hydrogen) atoms. The number of nitrogens with zero attached hydrogens (tertiary/aromatic N) is 2. The van der Waals surface area contributed by atoms with E-state index in [1.165, 1.54) is 0 Å². The summed E-state index contributed by atoms with van der Waals surface area (Å²) >= 11 is 0. The molecule has 0 radical (unpaired) electrons. The first-order valence-electron chi connectivity index (χ1n) is 8.06. The van der Waals surface area contributed by atoms with E-state index < -0.39 is 0 Å². The Kier molecular flexibility index (Phi) is 4.28. The molecule has 2 aliphatic rings. The Morgan fingerprint density at radius 2 is 1.96 bits per heavy atom. The normalized spacial score (nSPS) is 23.4. The largest absolute Gasteiger partial charge is 0.409 e. The summed E-state index contributed by atoms with van der Waals surface area (Å²) in [7, 11) is 0. The lowest BCUT2D eigenvalue weighted by molar-refractivity contribution is 0.286. The first kappa shape index (κ1) is 15.5. The van der Waals surface area contributed by atoms with Gasteiger partial charge in [-0.2, -0.15) is 0 Å². The minimum absolute atomic E-state index is 0.302. The third-order valence-corrected chi connectivity index (χ3v) is 4.92. The number of benzene rings is 1. The average Bonchev–Trinajstić information content (AvgIpc) is 2.51.